The van der Waals surface area contributed by atoms with E-state index < -0.39 is 21.7 Å². The normalized spacial score (nSPS) is 15.9. The highest BCUT2D eigenvalue weighted by Crippen LogP contribution is 2.19. The predicted molar refractivity (Wildman–Crippen MR) is 107 cm³/mol. The second-order valence-electron chi connectivity index (χ2n) is 6.28. The number of rotatable bonds is 5. The number of morpholine rings is 1. The molecule has 7 nitrogen and oxygen atoms in total. The summed E-state index contributed by atoms with van der Waals surface area (Å²) >= 11 is 5.75. The molecular weight excluding hydrogens is 421 g/mol. The van der Waals surface area contributed by atoms with Gasteiger partial charge in [0.25, 0.3) is 5.91 Å². The van der Waals surface area contributed by atoms with Crippen molar-refractivity contribution < 1.29 is 22.3 Å². The molecule has 1 saturated heterocycles. The van der Waals surface area contributed by atoms with E-state index >= 15 is 0 Å². The standard InChI is InChI=1S/C19H19ClFN3O4S/c1-13(16-6-3-7-17(20)18(16)21)22-23-19(25)14-4-2-5-15(12-14)29(26,27)24-8-10-28-11-9-24/h2-7,12H,8-11H2,1H3,(H,23,25)/b22-13+. The summed E-state index contributed by atoms with van der Waals surface area (Å²) < 4.78 is 46.0. The van der Waals surface area contributed by atoms with Gasteiger partial charge in [-0.15, -0.1) is 0 Å². The fraction of sp³-hybridized carbons (Fsp3) is 0.263. The van der Waals surface area contributed by atoms with Gasteiger partial charge in [-0.25, -0.2) is 18.2 Å². The van der Waals surface area contributed by atoms with E-state index in [1.165, 1.54) is 47.6 Å². The van der Waals surface area contributed by atoms with E-state index in [0.29, 0.717) is 13.2 Å². The summed E-state index contributed by atoms with van der Waals surface area (Å²) in [6, 6.07) is 10.1. The van der Waals surface area contributed by atoms with E-state index in [4.69, 9.17) is 16.3 Å². The first kappa shape index (κ1) is 21.4. The van der Waals surface area contributed by atoms with Crippen molar-refractivity contribution in [1.29, 1.82) is 0 Å². The summed E-state index contributed by atoms with van der Waals surface area (Å²) in [4.78, 5) is 12.4. The average molecular weight is 440 g/mol. The molecule has 0 aliphatic carbocycles. The molecule has 2 aromatic rings. The fourth-order valence-electron chi connectivity index (χ4n) is 2.78. The second kappa shape index (κ2) is 9.00. The number of carbonyl (C=O) groups excluding carboxylic acids is 1. The van der Waals surface area contributed by atoms with Crippen LogP contribution in [0.1, 0.15) is 22.8 Å². The van der Waals surface area contributed by atoms with Crippen LogP contribution in [0.4, 0.5) is 4.39 Å². The summed E-state index contributed by atoms with van der Waals surface area (Å²) in [5, 5.41) is 3.84. The maximum atomic E-state index is 14.1. The topological polar surface area (TPSA) is 88.1 Å². The number of hydrogen-bond donors (Lipinski definition) is 1. The van der Waals surface area contributed by atoms with Crippen molar-refractivity contribution in [3.8, 4) is 0 Å². The minimum atomic E-state index is -3.73. The number of nitrogens with zero attached hydrogens (tertiary/aromatic N) is 2. The number of hydrazone groups is 1. The average Bonchev–Trinajstić information content (AvgIpc) is 2.74. The van der Waals surface area contributed by atoms with E-state index in [0.717, 1.165) is 0 Å². The molecular formula is C19H19ClFN3O4S. The van der Waals surface area contributed by atoms with Gasteiger partial charge < -0.3 is 4.74 Å². The Kier molecular flexibility index (Phi) is 6.63. The number of carbonyl (C=O) groups is 1. The molecule has 0 atom stereocenters. The van der Waals surface area contributed by atoms with Crippen molar-refractivity contribution in [3.63, 3.8) is 0 Å². The molecule has 10 heteroatoms. The summed E-state index contributed by atoms with van der Waals surface area (Å²) in [5.74, 6) is -1.26. The Morgan fingerprint density at radius 1 is 1.21 bits per heavy atom. The number of ether oxygens (including phenoxy) is 1. The number of benzene rings is 2. The largest absolute Gasteiger partial charge is 0.379 e. The Bertz CT molecular complexity index is 1050. The zero-order chi connectivity index (χ0) is 21.0. The van der Waals surface area contributed by atoms with Gasteiger partial charge in [-0.1, -0.05) is 29.8 Å². The van der Waals surface area contributed by atoms with Gasteiger partial charge >= 0.3 is 0 Å². The minimum absolute atomic E-state index is 0.00800. The molecule has 0 saturated carbocycles. The molecule has 1 aliphatic heterocycles. The van der Waals surface area contributed by atoms with Gasteiger partial charge in [0.15, 0.2) is 5.82 Å². The zero-order valence-corrected chi connectivity index (χ0v) is 17.1. The maximum absolute atomic E-state index is 14.1. The lowest BCUT2D eigenvalue weighted by molar-refractivity contribution is 0.0730. The fourth-order valence-corrected chi connectivity index (χ4v) is 4.41. The summed E-state index contributed by atoms with van der Waals surface area (Å²) in [6.45, 7) is 2.69. The number of sulfonamides is 1. The first-order valence-corrected chi connectivity index (χ1v) is 10.6. The Hall–Kier alpha value is -2.33. The van der Waals surface area contributed by atoms with Crippen molar-refractivity contribution in [2.24, 2.45) is 5.10 Å². The van der Waals surface area contributed by atoms with E-state index in [1.807, 2.05) is 0 Å². The Morgan fingerprint density at radius 3 is 2.62 bits per heavy atom. The zero-order valence-electron chi connectivity index (χ0n) is 15.6. The first-order valence-electron chi connectivity index (χ1n) is 8.77. The molecule has 1 amide bonds. The summed E-state index contributed by atoms with van der Waals surface area (Å²) in [5.41, 5.74) is 2.80. The number of hydrogen-bond acceptors (Lipinski definition) is 5. The Morgan fingerprint density at radius 2 is 1.90 bits per heavy atom. The molecule has 0 unspecified atom stereocenters. The van der Waals surface area contributed by atoms with E-state index in [2.05, 4.69) is 10.5 Å². The molecule has 1 fully saturated rings. The summed E-state index contributed by atoms with van der Waals surface area (Å²) in [6.07, 6.45) is 0. The molecule has 1 N–H and O–H groups in total. The van der Waals surface area contributed by atoms with Crippen LogP contribution in [0.5, 0.6) is 0 Å². The van der Waals surface area contributed by atoms with Gasteiger partial charge in [0, 0.05) is 24.2 Å². The van der Waals surface area contributed by atoms with E-state index in [9.17, 15) is 17.6 Å². The predicted octanol–water partition coefficient (Wildman–Crippen LogP) is 2.65. The third-order valence-electron chi connectivity index (χ3n) is 4.37. The molecule has 1 heterocycles. The third-order valence-corrected chi connectivity index (χ3v) is 6.56. The van der Waals surface area contributed by atoms with Crippen LogP contribution in [0.2, 0.25) is 5.02 Å². The van der Waals surface area contributed by atoms with Gasteiger partial charge in [-0.3, -0.25) is 4.79 Å². The highest BCUT2D eigenvalue weighted by Gasteiger charge is 2.26. The van der Waals surface area contributed by atoms with Crippen molar-refractivity contribution >= 4 is 33.2 Å². The van der Waals surface area contributed by atoms with Crippen molar-refractivity contribution in [1.82, 2.24) is 9.73 Å². The maximum Gasteiger partial charge on any atom is 0.271 e. The monoisotopic (exact) mass is 439 g/mol. The van der Waals surface area contributed by atoms with Crippen LogP contribution in [-0.4, -0.2) is 50.6 Å². The van der Waals surface area contributed by atoms with Gasteiger partial charge in [0.1, 0.15) is 0 Å². The lowest BCUT2D eigenvalue weighted by atomic mass is 10.1. The van der Waals surface area contributed by atoms with E-state index in [-0.39, 0.29) is 39.8 Å². The molecule has 2 aromatic carbocycles. The first-order chi connectivity index (χ1) is 13.8. The van der Waals surface area contributed by atoms with Crippen molar-refractivity contribution in [2.75, 3.05) is 26.3 Å². The molecule has 0 spiro atoms. The van der Waals surface area contributed by atoms with Crippen molar-refractivity contribution in [2.45, 2.75) is 11.8 Å². The lowest BCUT2D eigenvalue weighted by Crippen LogP contribution is -2.40. The van der Waals surface area contributed by atoms with Crippen LogP contribution >= 0.6 is 11.6 Å². The summed E-state index contributed by atoms with van der Waals surface area (Å²) in [7, 11) is -3.73. The molecule has 3 rings (SSSR count). The lowest BCUT2D eigenvalue weighted by Gasteiger charge is -2.26. The smallest absolute Gasteiger partial charge is 0.271 e. The number of halogens is 2. The molecule has 29 heavy (non-hydrogen) atoms. The number of nitrogens with one attached hydrogen (secondary N) is 1. The Labute approximate surface area is 173 Å². The van der Waals surface area contributed by atoms with Gasteiger partial charge in [-0.2, -0.15) is 9.41 Å². The minimum Gasteiger partial charge on any atom is -0.379 e. The molecule has 0 bridgehead atoms. The van der Waals surface area contributed by atoms with Gasteiger partial charge in [0.2, 0.25) is 10.0 Å². The molecule has 0 radical (unpaired) electrons. The van der Waals surface area contributed by atoms with E-state index in [1.54, 1.807) is 6.07 Å². The van der Waals surface area contributed by atoms with Crippen LogP contribution in [0.15, 0.2) is 52.5 Å². The van der Waals surface area contributed by atoms with Crippen LogP contribution in [0.25, 0.3) is 0 Å². The molecule has 154 valence electrons. The van der Waals surface area contributed by atoms with Crippen LogP contribution in [0.3, 0.4) is 0 Å². The second-order valence-corrected chi connectivity index (χ2v) is 8.63. The highest BCUT2D eigenvalue weighted by molar-refractivity contribution is 7.89. The van der Waals surface area contributed by atoms with Gasteiger partial charge in [-0.05, 0) is 31.2 Å². The van der Waals surface area contributed by atoms with Gasteiger partial charge in [0.05, 0.1) is 28.8 Å². The third kappa shape index (κ3) is 4.81. The molecule has 1 aliphatic rings. The Balaban J connectivity index is 1.78. The molecule has 0 aromatic heterocycles. The van der Waals surface area contributed by atoms with Crippen LogP contribution < -0.4 is 5.43 Å². The highest BCUT2D eigenvalue weighted by atomic mass is 35.5. The van der Waals surface area contributed by atoms with Crippen molar-refractivity contribution in [3.05, 3.63) is 64.4 Å². The number of amides is 1. The SMILES string of the molecule is C/C(=N\NC(=O)c1cccc(S(=O)(=O)N2CCOCC2)c1)c1cccc(Cl)c1F. The van der Waals surface area contributed by atoms with Crippen LogP contribution in [0, 0.1) is 5.82 Å². The quantitative estimate of drug-likeness (QED) is 0.573. The van der Waals surface area contributed by atoms with Crippen LogP contribution in [-0.2, 0) is 14.8 Å².